The fourth-order valence-corrected chi connectivity index (χ4v) is 9.92. The lowest BCUT2D eigenvalue weighted by molar-refractivity contribution is -0.0545. The first-order valence-electron chi connectivity index (χ1n) is 15.6. The Morgan fingerprint density at radius 3 is 2.52 bits per heavy atom. The summed E-state index contributed by atoms with van der Waals surface area (Å²) in [6, 6.07) is 0. The van der Waals surface area contributed by atoms with Gasteiger partial charge in [-0.25, -0.2) is 23.3 Å². The van der Waals surface area contributed by atoms with E-state index in [2.05, 4.69) is 49.1 Å². The molecule has 1 amide bonds. The van der Waals surface area contributed by atoms with Gasteiger partial charge in [-0.3, -0.25) is 18.9 Å². The maximum atomic E-state index is 12.7. The lowest BCUT2D eigenvalue weighted by atomic mass is 10.1. The smallest absolute Gasteiger partial charge is 0.450 e. The number of amides is 1. The number of aromatic nitrogens is 2. The molecule has 0 aromatic carbocycles. The van der Waals surface area contributed by atoms with Crippen molar-refractivity contribution in [3.05, 3.63) is 32.6 Å². The summed E-state index contributed by atoms with van der Waals surface area (Å²) in [5.41, 5.74) is -1.93. The van der Waals surface area contributed by atoms with Crippen molar-refractivity contribution in [3.8, 4) is 11.8 Å². The van der Waals surface area contributed by atoms with Crippen molar-refractivity contribution in [2.24, 2.45) is 0 Å². The molecule has 0 bridgehead atoms. The number of H-pyrrole nitrogens is 1. The van der Waals surface area contributed by atoms with Crippen molar-refractivity contribution < 1.29 is 74.9 Å². The molecule has 6 atom stereocenters. The van der Waals surface area contributed by atoms with Crippen LogP contribution in [0.25, 0.3) is 0 Å². The maximum Gasteiger partial charge on any atom is 0.490 e. The number of rotatable bonds is 24. The molecule has 0 saturated carbocycles. The highest BCUT2D eigenvalue weighted by Gasteiger charge is 2.43. The van der Waals surface area contributed by atoms with Crippen LogP contribution in [-0.2, 0) is 71.2 Å². The van der Waals surface area contributed by atoms with Gasteiger partial charge in [0, 0.05) is 37.7 Å². The predicted molar refractivity (Wildman–Crippen MR) is 202 cm³/mol. The van der Waals surface area contributed by atoms with Gasteiger partial charge in [-0.15, -0.1) is 0 Å². The van der Waals surface area contributed by atoms with Crippen LogP contribution in [0.2, 0.25) is 0 Å². The standard InChI is InChI=1S/C26H44N3O18P3S4/c1-26(2,9-13-40-3)53-52-17-41-11-5-6-12-42-25(32)27-10-7-8-19-15-29(24(31)28-23(19)30)22-14-20(43-18-54(4)51)21(45-22)16-44-49(36,37)47-50(38,39)46-48(33,34)35/h15,20-22H,5-6,9-14,16-18H2,1-4H3,(H,27,32)(H,36,37)(H,38,39)(H,28,30,31)(H2,33,34,35)/t20-,21+,22+,54?/m0/s1. The number of methoxy groups -OCH3 is 1. The topological polar surface area (TPSA) is 290 Å². The molecule has 21 nitrogen and oxygen atoms in total. The number of nitrogens with one attached hydrogen (secondary N) is 2. The molecule has 1 aromatic rings. The van der Waals surface area contributed by atoms with Gasteiger partial charge in [0.25, 0.3) is 5.56 Å². The summed E-state index contributed by atoms with van der Waals surface area (Å²) in [4.78, 5) is 75.9. The molecule has 54 heavy (non-hydrogen) atoms. The lowest BCUT2D eigenvalue weighted by Crippen LogP contribution is -2.34. The Bertz CT molecular complexity index is 1730. The Morgan fingerprint density at radius 1 is 1.15 bits per heavy atom. The molecule has 0 radical (unpaired) electrons. The predicted octanol–water partition coefficient (Wildman–Crippen LogP) is 2.25. The minimum Gasteiger partial charge on any atom is -0.450 e. The number of nitrogens with zero attached hydrogens (tertiary/aromatic N) is 1. The number of carbonyl (C=O) groups excluding carboxylic acids is 1. The lowest BCUT2D eigenvalue weighted by Gasteiger charge is -2.22. The van der Waals surface area contributed by atoms with Crippen LogP contribution in [0.15, 0.2) is 15.8 Å². The molecule has 1 aliphatic rings. The third-order valence-corrected chi connectivity index (χ3v) is 14.1. The fourth-order valence-electron chi connectivity index (χ4n) is 4.08. The molecular formula is C26H44N3O18P3S4. The summed E-state index contributed by atoms with van der Waals surface area (Å²) >= 11 is 5.12. The van der Waals surface area contributed by atoms with Crippen LogP contribution in [0, 0.1) is 11.8 Å². The number of alkyl carbamates (subject to hydrolysis) is 1. The van der Waals surface area contributed by atoms with Crippen molar-refractivity contribution >= 4 is 71.8 Å². The van der Waals surface area contributed by atoms with E-state index in [9.17, 15) is 37.9 Å². The molecule has 0 spiro atoms. The first kappa shape index (κ1) is 49.2. The minimum atomic E-state index is -5.77. The number of phosphoric acid groups is 3. The summed E-state index contributed by atoms with van der Waals surface area (Å²) in [5, 5.41) is 2.43. The highest BCUT2D eigenvalue weighted by Crippen LogP contribution is 2.66. The van der Waals surface area contributed by atoms with Crippen LogP contribution in [0.1, 0.15) is 51.3 Å². The molecule has 2 rings (SSSR count). The zero-order valence-corrected chi connectivity index (χ0v) is 35.5. The first-order chi connectivity index (χ1) is 25.1. The Morgan fingerprint density at radius 2 is 1.85 bits per heavy atom. The summed E-state index contributed by atoms with van der Waals surface area (Å²) in [7, 11) is -12.5. The third-order valence-electron chi connectivity index (χ3n) is 6.51. The molecule has 1 aliphatic heterocycles. The SMILES string of the molecule is COCCC(C)(C)SSCOCCCCOC(=O)NCC#Cc1cn([C@H]2C[C@H](OCS(C)=S)[C@@H](COP(=O)(O)OP(=O)(O)OP(=O)(O)O)O2)c(=O)[nH]c1=O. The zero-order chi connectivity index (χ0) is 40.6. The van der Waals surface area contributed by atoms with Gasteiger partial charge in [0.05, 0.1) is 31.8 Å². The van der Waals surface area contributed by atoms with Crippen molar-refractivity contribution in [1.82, 2.24) is 14.9 Å². The van der Waals surface area contributed by atoms with E-state index in [1.807, 2.05) is 0 Å². The Balaban J connectivity index is 1.90. The number of hydrogen-bond donors (Lipinski definition) is 6. The monoisotopic (exact) mass is 907 g/mol. The van der Waals surface area contributed by atoms with Gasteiger partial charge in [-0.05, 0) is 50.6 Å². The van der Waals surface area contributed by atoms with E-state index in [0.29, 0.717) is 32.0 Å². The molecule has 1 aromatic heterocycles. The van der Waals surface area contributed by atoms with Crippen molar-refractivity contribution in [2.75, 3.05) is 58.2 Å². The number of carbonyl (C=O) groups is 1. The van der Waals surface area contributed by atoms with Crippen molar-refractivity contribution in [2.45, 2.75) is 62.7 Å². The van der Waals surface area contributed by atoms with E-state index in [4.69, 9.17) is 44.7 Å². The number of aromatic amines is 1. The summed E-state index contributed by atoms with van der Waals surface area (Å²) in [6.07, 6.45) is 0.819. The number of ether oxygens (including phenoxy) is 5. The first-order valence-corrected chi connectivity index (χ1v) is 25.2. The van der Waals surface area contributed by atoms with Gasteiger partial charge in [-0.2, -0.15) is 8.62 Å². The maximum absolute atomic E-state index is 12.7. The highest BCUT2D eigenvalue weighted by molar-refractivity contribution is 8.77. The Kier molecular flexibility index (Phi) is 21.3. The molecule has 1 saturated heterocycles. The highest BCUT2D eigenvalue weighted by atomic mass is 33.1. The van der Waals surface area contributed by atoms with Crippen LogP contribution in [0.4, 0.5) is 4.79 Å². The molecule has 1 fully saturated rings. The van der Waals surface area contributed by atoms with Crippen molar-refractivity contribution in [3.63, 3.8) is 0 Å². The summed E-state index contributed by atoms with van der Waals surface area (Å²) < 4.78 is 75.3. The van der Waals surface area contributed by atoms with E-state index >= 15 is 0 Å². The molecule has 2 heterocycles. The van der Waals surface area contributed by atoms with Gasteiger partial charge in [-0.1, -0.05) is 42.9 Å². The van der Waals surface area contributed by atoms with Gasteiger partial charge in [0.1, 0.15) is 23.8 Å². The van der Waals surface area contributed by atoms with Crippen LogP contribution in [0.5, 0.6) is 0 Å². The van der Waals surface area contributed by atoms with E-state index in [-0.39, 0.29) is 35.8 Å². The second-order valence-corrected chi connectivity index (χ2v) is 22.0. The van der Waals surface area contributed by atoms with E-state index < -0.39 is 75.3 Å². The number of phosphoric ester groups is 1. The average molecular weight is 908 g/mol. The second-order valence-electron chi connectivity index (χ2n) is 11.6. The third kappa shape index (κ3) is 20.5. The van der Waals surface area contributed by atoms with E-state index in [0.717, 1.165) is 17.2 Å². The molecule has 0 aliphatic carbocycles. The number of hydrogen-bond acceptors (Lipinski definition) is 17. The molecule has 310 valence electrons. The van der Waals surface area contributed by atoms with Crippen LogP contribution in [-0.4, -0.2) is 110 Å². The molecule has 6 N–H and O–H groups in total. The largest absolute Gasteiger partial charge is 0.490 e. The van der Waals surface area contributed by atoms with Crippen LogP contribution >= 0.6 is 45.1 Å². The quantitative estimate of drug-likeness (QED) is 0.0285. The van der Waals surface area contributed by atoms with Gasteiger partial charge < -0.3 is 48.6 Å². The summed E-state index contributed by atoms with van der Waals surface area (Å²) in [5.74, 6) is 5.68. The average Bonchev–Trinajstić information content (AvgIpc) is 3.45. The fraction of sp³-hybridized carbons (Fsp3) is 0.731. The van der Waals surface area contributed by atoms with Crippen LogP contribution in [0.3, 0.4) is 0 Å². The van der Waals surface area contributed by atoms with Crippen LogP contribution < -0.4 is 16.6 Å². The zero-order valence-electron chi connectivity index (χ0n) is 29.5. The van der Waals surface area contributed by atoms with Crippen molar-refractivity contribution in [1.29, 1.82) is 0 Å². The van der Waals surface area contributed by atoms with Gasteiger partial charge >= 0.3 is 35.3 Å². The van der Waals surface area contributed by atoms with E-state index in [1.54, 1.807) is 35.0 Å². The number of unbranched alkanes of at least 4 members (excludes halogenated alkanes) is 1. The Labute approximate surface area is 325 Å². The minimum absolute atomic E-state index is 0.0243. The summed E-state index contributed by atoms with van der Waals surface area (Å²) in [6.45, 7) is 4.58. The van der Waals surface area contributed by atoms with Gasteiger partial charge in [0.2, 0.25) is 0 Å². The normalized spacial score (nSPS) is 20.3. The van der Waals surface area contributed by atoms with E-state index in [1.165, 1.54) is 0 Å². The molecular weight excluding hydrogens is 863 g/mol. The van der Waals surface area contributed by atoms with Gasteiger partial charge in [0.15, 0.2) is 0 Å². The molecule has 3 unspecified atom stereocenters. The molecule has 28 heteroatoms. The Hall–Kier alpha value is -0.970. The second kappa shape index (κ2) is 23.4.